The van der Waals surface area contributed by atoms with Crippen LogP contribution in [0, 0.1) is 0 Å². The quantitative estimate of drug-likeness (QED) is 0.433. The van der Waals surface area contributed by atoms with Crippen LogP contribution in [0.15, 0.2) is 30.6 Å². The fourth-order valence-electron chi connectivity index (χ4n) is 7.55. The third kappa shape index (κ3) is 4.71. The highest BCUT2D eigenvalue weighted by atomic mass is 16.2. The van der Waals surface area contributed by atoms with E-state index < -0.39 is 0 Å². The van der Waals surface area contributed by atoms with Crippen LogP contribution in [0.1, 0.15) is 68.8 Å². The van der Waals surface area contributed by atoms with Gasteiger partial charge < -0.3 is 25.4 Å². The largest absolute Gasteiger partial charge is 0.370 e. The number of likely N-dealkylation sites (tertiary alicyclic amines) is 1. The Kier molecular flexibility index (Phi) is 6.83. The minimum absolute atomic E-state index is 0.0249. The van der Waals surface area contributed by atoms with Crippen molar-refractivity contribution in [1.29, 1.82) is 0 Å². The van der Waals surface area contributed by atoms with Crippen LogP contribution in [-0.2, 0) is 5.54 Å². The van der Waals surface area contributed by atoms with Crippen LogP contribution in [-0.4, -0.2) is 81.7 Å². The topological polar surface area (TPSA) is 103 Å². The number of piperidine rings is 1. The number of fused-ring (bicyclic) bond motifs is 4. The summed E-state index contributed by atoms with van der Waals surface area (Å²) in [5.74, 6) is 1.20. The van der Waals surface area contributed by atoms with Crippen molar-refractivity contribution >= 4 is 34.4 Å². The Bertz CT molecular complexity index is 1360. The summed E-state index contributed by atoms with van der Waals surface area (Å²) in [7, 11) is 0. The molecule has 3 aliphatic heterocycles. The molecular formula is C30H41N9O. The second kappa shape index (κ2) is 10.6. The van der Waals surface area contributed by atoms with Gasteiger partial charge in [-0.15, -0.1) is 0 Å². The molecule has 0 bridgehead atoms. The van der Waals surface area contributed by atoms with Gasteiger partial charge in [0.05, 0.1) is 17.4 Å². The smallest absolute Gasteiger partial charge is 0.268 e. The molecular weight excluding hydrogens is 502 g/mol. The highest BCUT2D eigenvalue weighted by Crippen LogP contribution is 2.40. The van der Waals surface area contributed by atoms with E-state index in [1.807, 2.05) is 24.5 Å². The standard InChI is InChI=1S/C30H41N9O/c1-2-31-22-8-13-38(19-22)23-9-14-37(15-10-23)24-6-7-26(32-18-24)35-29-33-17-21-16-25-28(40)34-20-30(11-4-3-5-12-30)39(25)27(21)36-29/h6-7,16-18,22-23,31H,2-5,8-15,19-20H2,1H3,(H,34,40)(H,32,33,35,36). The number of carbonyl (C=O) groups excluding carboxylic acids is 1. The molecule has 1 saturated carbocycles. The maximum Gasteiger partial charge on any atom is 0.268 e. The van der Waals surface area contributed by atoms with Crippen molar-refractivity contribution in [2.75, 3.05) is 49.5 Å². The van der Waals surface area contributed by atoms with Crippen LogP contribution < -0.4 is 20.9 Å². The number of amides is 1. The van der Waals surface area contributed by atoms with E-state index in [0.29, 0.717) is 30.3 Å². The average Bonchev–Trinajstić information content (AvgIpc) is 3.62. The van der Waals surface area contributed by atoms with E-state index in [1.54, 1.807) is 0 Å². The van der Waals surface area contributed by atoms with Crippen LogP contribution in [0.5, 0.6) is 0 Å². The number of rotatable bonds is 6. The maximum absolute atomic E-state index is 12.7. The Morgan fingerprint density at radius 3 is 2.67 bits per heavy atom. The molecule has 4 aliphatic rings. The van der Waals surface area contributed by atoms with E-state index in [2.05, 4.69) is 48.3 Å². The number of nitrogens with zero attached hydrogens (tertiary/aromatic N) is 6. The SMILES string of the molecule is CCNC1CCN(C2CCN(c3ccc(Nc4ncc5cc6n(c5n4)C4(CCCCC4)CNC6=O)nc3)CC2)C1. The van der Waals surface area contributed by atoms with Gasteiger partial charge in [-0.1, -0.05) is 26.2 Å². The zero-order valence-electron chi connectivity index (χ0n) is 23.5. The average molecular weight is 544 g/mol. The monoisotopic (exact) mass is 543 g/mol. The molecule has 10 heteroatoms. The molecule has 40 heavy (non-hydrogen) atoms. The van der Waals surface area contributed by atoms with Gasteiger partial charge in [0, 0.05) is 56.4 Å². The van der Waals surface area contributed by atoms with Gasteiger partial charge in [0.25, 0.3) is 5.91 Å². The molecule has 7 rings (SSSR count). The van der Waals surface area contributed by atoms with E-state index in [1.165, 1.54) is 57.3 Å². The maximum atomic E-state index is 12.7. The molecule has 1 aliphatic carbocycles. The van der Waals surface area contributed by atoms with Crippen molar-refractivity contribution in [2.24, 2.45) is 0 Å². The van der Waals surface area contributed by atoms with Gasteiger partial charge in [0.2, 0.25) is 5.95 Å². The summed E-state index contributed by atoms with van der Waals surface area (Å²) in [5.41, 5.74) is 2.60. The predicted molar refractivity (Wildman–Crippen MR) is 157 cm³/mol. The number of hydrogen-bond acceptors (Lipinski definition) is 8. The number of aromatic nitrogens is 4. The molecule has 3 aromatic rings. The molecule has 1 amide bonds. The molecule has 212 valence electrons. The molecule has 10 nitrogen and oxygen atoms in total. The van der Waals surface area contributed by atoms with Crippen molar-refractivity contribution in [3.05, 3.63) is 36.3 Å². The predicted octanol–water partition coefficient (Wildman–Crippen LogP) is 3.63. The van der Waals surface area contributed by atoms with E-state index >= 15 is 0 Å². The second-order valence-electron chi connectivity index (χ2n) is 12.1. The first-order valence-corrected chi connectivity index (χ1v) is 15.2. The number of anilines is 3. The van der Waals surface area contributed by atoms with E-state index in [-0.39, 0.29) is 11.4 Å². The number of likely N-dealkylation sites (N-methyl/N-ethyl adjacent to an activating group) is 1. The summed E-state index contributed by atoms with van der Waals surface area (Å²) in [6.45, 7) is 8.47. The first kappa shape index (κ1) is 25.7. The summed E-state index contributed by atoms with van der Waals surface area (Å²) < 4.78 is 2.20. The first-order chi connectivity index (χ1) is 19.6. The number of nitrogens with one attached hydrogen (secondary N) is 3. The number of hydrogen-bond donors (Lipinski definition) is 3. The summed E-state index contributed by atoms with van der Waals surface area (Å²) in [6.07, 6.45) is 13.2. The lowest BCUT2D eigenvalue weighted by atomic mass is 9.80. The molecule has 2 saturated heterocycles. The molecule has 1 unspecified atom stereocenters. The van der Waals surface area contributed by atoms with Crippen molar-refractivity contribution in [3.8, 4) is 0 Å². The Labute approximate surface area is 235 Å². The molecule has 1 spiro atoms. The lowest BCUT2D eigenvalue weighted by molar-refractivity contribution is 0.0833. The van der Waals surface area contributed by atoms with E-state index in [9.17, 15) is 4.79 Å². The van der Waals surface area contributed by atoms with Crippen LogP contribution in [0.25, 0.3) is 11.0 Å². The van der Waals surface area contributed by atoms with Gasteiger partial charge in [0.1, 0.15) is 17.2 Å². The van der Waals surface area contributed by atoms with E-state index in [0.717, 1.165) is 49.3 Å². The molecule has 6 heterocycles. The van der Waals surface area contributed by atoms with Gasteiger partial charge in [0.15, 0.2) is 0 Å². The molecule has 3 fully saturated rings. The van der Waals surface area contributed by atoms with Crippen molar-refractivity contribution in [3.63, 3.8) is 0 Å². The van der Waals surface area contributed by atoms with Gasteiger partial charge in [-0.2, -0.15) is 4.98 Å². The minimum atomic E-state index is -0.0922. The summed E-state index contributed by atoms with van der Waals surface area (Å²) >= 11 is 0. The van der Waals surface area contributed by atoms with Crippen molar-refractivity contribution in [2.45, 2.75) is 75.9 Å². The molecule has 3 aromatic heterocycles. The van der Waals surface area contributed by atoms with Gasteiger partial charge in [-0.25, -0.2) is 9.97 Å². The van der Waals surface area contributed by atoms with Crippen LogP contribution in [0.4, 0.5) is 17.5 Å². The Morgan fingerprint density at radius 1 is 1.05 bits per heavy atom. The van der Waals surface area contributed by atoms with Gasteiger partial charge in [-0.05, 0) is 56.8 Å². The first-order valence-electron chi connectivity index (χ1n) is 15.2. The van der Waals surface area contributed by atoms with Crippen LogP contribution >= 0.6 is 0 Å². The highest BCUT2D eigenvalue weighted by Gasteiger charge is 2.41. The molecule has 0 radical (unpaired) electrons. The molecule has 3 N–H and O–H groups in total. The van der Waals surface area contributed by atoms with E-state index in [4.69, 9.17) is 9.97 Å². The molecule has 1 atom stereocenters. The summed E-state index contributed by atoms with van der Waals surface area (Å²) in [6, 6.07) is 7.45. The molecule has 0 aromatic carbocycles. The third-order valence-corrected chi connectivity index (χ3v) is 9.66. The minimum Gasteiger partial charge on any atom is -0.370 e. The highest BCUT2D eigenvalue weighted by molar-refractivity contribution is 5.99. The van der Waals surface area contributed by atoms with Gasteiger partial charge >= 0.3 is 0 Å². The number of pyridine rings is 1. The Morgan fingerprint density at radius 2 is 1.90 bits per heavy atom. The van der Waals surface area contributed by atoms with Crippen molar-refractivity contribution < 1.29 is 4.79 Å². The summed E-state index contributed by atoms with van der Waals surface area (Å²) in [4.78, 5) is 32.0. The summed E-state index contributed by atoms with van der Waals surface area (Å²) in [5, 5.41) is 10.9. The lowest BCUT2D eigenvalue weighted by Gasteiger charge is -2.42. The lowest BCUT2D eigenvalue weighted by Crippen LogP contribution is -2.52. The Balaban J connectivity index is 1.03. The van der Waals surface area contributed by atoms with Crippen LogP contribution in [0.2, 0.25) is 0 Å². The van der Waals surface area contributed by atoms with Crippen molar-refractivity contribution in [1.82, 2.24) is 35.1 Å². The van der Waals surface area contributed by atoms with Crippen LogP contribution in [0.3, 0.4) is 0 Å². The Hall–Kier alpha value is -3.24. The fraction of sp³-hybridized carbons (Fsp3) is 0.600. The normalized spacial score (nSPS) is 23.5. The number of carbonyl (C=O) groups is 1. The van der Waals surface area contributed by atoms with Gasteiger partial charge in [-0.3, -0.25) is 9.69 Å². The zero-order chi connectivity index (χ0) is 27.1. The zero-order valence-corrected chi connectivity index (χ0v) is 23.5. The second-order valence-corrected chi connectivity index (χ2v) is 12.1. The third-order valence-electron chi connectivity index (χ3n) is 9.66. The fourth-order valence-corrected chi connectivity index (χ4v) is 7.55.